The smallest absolute Gasteiger partial charge is 0.394 e. The van der Waals surface area contributed by atoms with Crippen LogP contribution in [0.25, 0.3) is 33.5 Å². The van der Waals surface area contributed by atoms with Gasteiger partial charge >= 0.3 is 15.6 Å². The number of hydrogen-bond acceptors (Lipinski definition) is 29. The van der Waals surface area contributed by atoms with Crippen molar-refractivity contribution in [2.75, 3.05) is 78.0 Å². The third-order valence-corrected chi connectivity index (χ3v) is 15.1. The van der Waals surface area contributed by atoms with Crippen LogP contribution in [0.3, 0.4) is 0 Å². The lowest BCUT2D eigenvalue weighted by molar-refractivity contribution is -0.124. The molecule has 0 aliphatic carbocycles. The molecule has 0 bridgehead atoms. The van der Waals surface area contributed by atoms with Gasteiger partial charge in [0.25, 0.3) is 0 Å². The van der Waals surface area contributed by atoms with Crippen LogP contribution in [0.15, 0.2) is 38.0 Å². The van der Waals surface area contributed by atoms with E-state index in [1.807, 2.05) is 0 Å². The van der Waals surface area contributed by atoms with Crippen LogP contribution in [0.2, 0.25) is 0 Å². The molecule has 6 aromatic heterocycles. The highest BCUT2D eigenvalue weighted by atomic mass is 31.2. The van der Waals surface area contributed by atoms with E-state index in [2.05, 4.69) is 60.8 Å². The number of fused-ring (bicyclic) bond motifs is 3. The molecule has 5 unspecified atom stereocenters. The van der Waals surface area contributed by atoms with Gasteiger partial charge in [0.15, 0.2) is 53.1 Å². The molecule has 3 saturated heterocycles. The number of nitrogens with two attached hydrogens (primary N) is 3. The Labute approximate surface area is 456 Å². The van der Waals surface area contributed by atoms with E-state index < -0.39 is 121 Å². The van der Waals surface area contributed by atoms with Crippen LogP contribution in [-0.2, 0) is 70.0 Å². The number of amides is 3. The highest BCUT2D eigenvalue weighted by Crippen LogP contribution is 2.53. The molecule has 37 nitrogen and oxygen atoms in total. The summed E-state index contributed by atoms with van der Waals surface area (Å²) in [5, 5.41) is 29.6. The van der Waals surface area contributed by atoms with Gasteiger partial charge in [0.2, 0.25) is 17.7 Å². The largest absolute Gasteiger partial charge is 0.472 e. The second kappa shape index (κ2) is 25.2. The molecule has 0 spiro atoms. The number of carbonyl (C=O) groups is 3. The number of aliphatic hydroxyl groups is 2. The van der Waals surface area contributed by atoms with E-state index >= 15 is 0 Å². The number of phosphoric ester groups is 2. The molecule has 440 valence electrons. The minimum absolute atomic E-state index is 0.0164. The van der Waals surface area contributed by atoms with E-state index in [0.29, 0.717) is 0 Å². The molecule has 81 heavy (non-hydrogen) atoms. The minimum Gasteiger partial charge on any atom is -0.394 e. The van der Waals surface area contributed by atoms with E-state index in [1.54, 1.807) is 0 Å². The quantitative estimate of drug-likeness (QED) is 0.0240. The van der Waals surface area contributed by atoms with E-state index in [1.165, 1.54) is 60.2 Å². The Balaban J connectivity index is 0.989. The van der Waals surface area contributed by atoms with Gasteiger partial charge in [-0.25, -0.2) is 54.0 Å². The van der Waals surface area contributed by atoms with Crippen molar-refractivity contribution >= 4 is 84.3 Å². The average molecular weight is 1180 g/mol. The van der Waals surface area contributed by atoms with Crippen LogP contribution in [0.5, 0.6) is 0 Å². The number of nitrogen functional groups attached to an aromatic ring is 3. The lowest BCUT2D eigenvalue weighted by Crippen LogP contribution is -2.40. The van der Waals surface area contributed by atoms with Crippen molar-refractivity contribution in [2.24, 2.45) is 0 Å². The first-order chi connectivity index (χ1) is 38.8. The first kappa shape index (κ1) is 59.0. The second-order valence-electron chi connectivity index (χ2n) is 18.1. The molecule has 3 amide bonds. The third-order valence-electron chi connectivity index (χ3n) is 13.1. The molecule has 13 N–H and O–H groups in total. The third kappa shape index (κ3) is 12.9. The van der Waals surface area contributed by atoms with Gasteiger partial charge in [-0.2, -0.15) is 0 Å². The molecular formula is C42H58N18O19P2. The molecule has 9 heterocycles. The lowest BCUT2D eigenvalue weighted by atomic mass is 10.1. The first-order valence-electron chi connectivity index (χ1n) is 24.7. The number of phosphoric acid groups is 2. The van der Waals surface area contributed by atoms with Gasteiger partial charge in [-0.05, 0) is 0 Å². The molecule has 3 fully saturated rings. The van der Waals surface area contributed by atoms with Gasteiger partial charge in [-0.3, -0.25) is 46.2 Å². The standard InChI is InChI=1S/C42H58N18O19P2/c1-46-22(62)4-7-70-31-28(65)20(76-40(31)58-16-55-25-34(43)49-13-52-37(25)58)11-73-80(66,67)79-30-21(77-42(33(30)72-9-6-24(64)48-3)60-18-57-27-36(45)51-15-54-39(27)60)12-74-81(68,69)78-29-19(10-61)75-41(32(29)71-8-5-23(63)47-2)59-17-56-26-35(44)50-14-53-38(26)59/h13-21,28-33,40-42,61,65H,4-12H2,1-3H3,(H,46,62)(H,47,63)(H,48,64)(H,66,67)(H,68,69)(H2,43,49,52)(H2,44,50,53)(H2,45,51,54)/t19-,20-,21-,28+,29+,30+,31?,32?,33?,40-,41-,42-/m1/s1. The molecule has 3 aliphatic rings. The molecule has 39 heteroatoms. The molecule has 0 aromatic carbocycles. The average Bonchev–Trinajstić information content (AvgIpc) is 4.43. The van der Waals surface area contributed by atoms with Crippen molar-refractivity contribution in [1.29, 1.82) is 0 Å². The van der Waals surface area contributed by atoms with Gasteiger partial charge < -0.3 is 81.6 Å². The number of ether oxygens (including phenoxy) is 6. The van der Waals surface area contributed by atoms with Gasteiger partial charge in [0, 0.05) is 40.4 Å². The number of nitrogens with one attached hydrogen (secondary N) is 3. The predicted molar refractivity (Wildman–Crippen MR) is 271 cm³/mol. The fourth-order valence-electron chi connectivity index (χ4n) is 9.12. The van der Waals surface area contributed by atoms with E-state index in [0.717, 1.165) is 12.7 Å². The monoisotopic (exact) mass is 1180 g/mol. The van der Waals surface area contributed by atoms with Gasteiger partial charge in [-0.15, -0.1) is 0 Å². The van der Waals surface area contributed by atoms with E-state index in [4.69, 9.17) is 63.7 Å². The summed E-state index contributed by atoms with van der Waals surface area (Å²) in [6.45, 7) is -3.55. The highest BCUT2D eigenvalue weighted by Gasteiger charge is 2.55. The molecule has 0 radical (unpaired) electrons. The van der Waals surface area contributed by atoms with Crippen LogP contribution in [-0.4, -0.2) is 212 Å². The summed E-state index contributed by atoms with van der Waals surface area (Å²) in [4.78, 5) is 97.4. The Bertz CT molecular complexity index is 3300. The molecule has 3 aliphatic heterocycles. The number of carbonyl (C=O) groups excluding carboxylic acids is 3. The van der Waals surface area contributed by atoms with Crippen molar-refractivity contribution in [2.45, 2.75) is 92.9 Å². The Kier molecular flexibility index (Phi) is 18.4. The van der Waals surface area contributed by atoms with Crippen LogP contribution in [0, 0.1) is 0 Å². The van der Waals surface area contributed by atoms with Crippen LogP contribution in [0.1, 0.15) is 37.9 Å². The fraction of sp³-hybridized carbons (Fsp3) is 0.571. The SMILES string of the molecule is CNC(=O)CCOC1[C@@H](O)[C@@H](COP(=O)(O)O[C@@H]2C(OCCC(=O)NC)[C@H](n3cnc4c(N)ncnc43)O[C@@H]2COP(=O)(O)O[C@@H]2C(OCCC(=O)NC)[C@H](n3cnc4c(N)ncnc43)O[C@@H]2CO)O[C@H]1n1cnc2c(N)ncnc21. The van der Waals surface area contributed by atoms with Crippen molar-refractivity contribution in [1.82, 2.24) is 74.5 Å². The van der Waals surface area contributed by atoms with Crippen LogP contribution in [0.4, 0.5) is 17.5 Å². The summed E-state index contributed by atoms with van der Waals surface area (Å²) >= 11 is 0. The molecule has 6 aromatic rings. The minimum atomic E-state index is -5.46. The highest BCUT2D eigenvalue weighted by molar-refractivity contribution is 7.47. The molecule has 0 saturated carbocycles. The second-order valence-corrected chi connectivity index (χ2v) is 20.9. The maximum absolute atomic E-state index is 14.4. The van der Waals surface area contributed by atoms with Crippen molar-refractivity contribution in [3.63, 3.8) is 0 Å². The van der Waals surface area contributed by atoms with E-state index in [9.17, 15) is 43.5 Å². The van der Waals surface area contributed by atoms with Gasteiger partial charge in [0.1, 0.15) is 90.5 Å². The van der Waals surface area contributed by atoms with Gasteiger partial charge in [0.05, 0.1) is 58.6 Å². The maximum Gasteiger partial charge on any atom is 0.472 e. The first-order valence-corrected chi connectivity index (χ1v) is 27.7. The van der Waals surface area contributed by atoms with Crippen molar-refractivity contribution in [3.8, 4) is 0 Å². The summed E-state index contributed by atoms with van der Waals surface area (Å²) in [7, 11) is -6.66. The van der Waals surface area contributed by atoms with Gasteiger partial charge in [-0.1, -0.05) is 0 Å². The Morgan fingerprint density at radius 3 is 1.28 bits per heavy atom. The molecule has 9 rings (SSSR count). The summed E-state index contributed by atoms with van der Waals surface area (Å²) < 4.78 is 92.2. The fourth-order valence-corrected chi connectivity index (χ4v) is 11.0. The molecular weight excluding hydrogens is 1120 g/mol. The van der Waals surface area contributed by atoms with Crippen LogP contribution >= 0.6 is 15.6 Å². The number of aliphatic hydroxyl groups excluding tert-OH is 2. The van der Waals surface area contributed by atoms with E-state index in [-0.39, 0.29) is 95.9 Å². The zero-order valence-electron chi connectivity index (χ0n) is 43.2. The summed E-state index contributed by atoms with van der Waals surface area (Å²) in [6.07, 6.45) is -11.1. The number of hydrogen-bond donors (Lipinski definition) is 10. The predicted octanol–water partition coefficient (Wildman–Crippen LogP) is -3.13. The summed E-state index contributed by atoms with van der Waals surface area (Å²) in [6, 6.07) is 0. The normalized spacial score (nSPS) is 27.2. The number of rotatable bonds is 26. The molecule has 14 atom stereocenters. The number of imidazole rings is 3. The zero-order valence-corrected chi connectivity index (χ0v) is 45.0. The summed E-state index contributed by atoms with van der Waals surface area (Å²) in [5.41, 5.74) is 19.0. The van der Waals surface area contributed by atoms with Crippen molar-refractivity contribution in [3.05, 3.63) is 38.0 Å². The topological polar surface area (TPSA) is 504 Å². The summed E-state index contributed by atoms with van der Waals surface area (Å²) in [5.74, 6) is -1.25. The number of anilines is 3. The Morgan fingerprint density at radius 2 is 0.889 bits per heavy atom. The van der Waals surface area contributed by atoms with Crippen molar-refractivity contribution < 1.29 is 90.0 Å². The Hall–Kier alpha value is -6.64. The lowest BCUT2D eigenvalue weighted by Gasteiger charge is -2.28. The Morgan fingerprint density at radius 1 is 0.543 bits per heavy atom. The number of nitrogens with zero attached hydrogens (tertiary/aromatic N) is 12. The maximum atomic E-state index is 14.4. The van der Waals surface area contributed by atoms with Crippen LogP contribution < -0.4 is 33.2 Å². The zero-order chi connectivity index (χ0) is 57.8. The number of aromatic nitrogens is 12.